The number of hydrogen-bond donors (Lipinski definition) is 1. The molecule has 0 aromatic carbocycles. The Bertz CT molecular complexity index is 270. The fourth-order valence-corrected chi connectivity index (χ4v) is 1.55. The molecule has 0 aliphatic heterocycles. The summed E-state index contributed by atoms with van der Waals surface area (Å²) in [5, 5.41) is 2.91. The van der Waals surface area contributed by atoms with Gasteiger partial charge in [-0.3, -0.25) is 4.79 Å². The summed E-state index contributed by atoms with van der Waals surface area (Å²) in [5.41, 5.74) is 0. The molecule has 0 aromatic rings. The van der Waals surface area contributed by atoms with Crippen molar-refractivity contribution in [3.8, 4) is 11.8 Å². The minimum absolute atomic E-state index is 0.187. The van der Waals surface area contributed by atoms with E-state index >= 15 is 0 Å². The number of amides is 1. The molecule has 1 N–H and O–H groups in total. The second-order valence-corrected chi connectivity index (χ2v) is 3.45. The lowest BCUT2D eigenvalue weighted by Gasteiger charge is -2.16. The van der Waals surface area contributed by atoms with Crippen molar-refractivity contribution in [3.63, 3.8) is 0 Å². The van der Waals surface area contributed by atoms with Gasteiger partial charge in [-0.05, 0) is 26.2 Å². The molecule has 2 heteroatoms. The van der Waals surface area contributed by atoms with Gasteiger partial charge in [0.15, 0.2) is 0 Å². The standard InChI is InChI=1S/C12H17NO/c1-2-3-7-10-13-12(14)11-8-5-4-6-9-11/h4-5,11H,6-10H2,1H3,(H,13,14). The Balaban J connectivity index is 2.19. The van der Waals surface area contributed by atoms with Crippen molar-refractivity contribution in [2.75, 3.05) is 6.54 Å². The summed E-state index contributed by atoms with van der Waals surface area (Å²) < 4.78 is 0. The maximum atomic E-state index is 11.6. The van der Waals surface area contributed by atoms with E-state index in [0.29, 0.717) is 6.54 Å². The smallest absolute Gasteiger partial charge is 0.223 e. The Morgan fingerprint density at radius 3 is 3.07 bits per heavy atom. The second kappa shape index (κ2) is 6.26. The maximum Gasteiger partial charge on any atom is 0.223 e. The molecule has 0 radical (unpaired) electrons. The Morgan fingerprint density at radius 1 is 1.57 bits per heavy atom. The fraction of sp³-hybridized carbons (Fsp3) is 0.583. The second-order valence-electron chi connectivity index (χ2n) is 3.45. The highest BCUT2D eigenvalue weighted by atomic mass is 16.1. The molecule has 1 aliphatic carbocycles. The van der Waals surface area contributed by atoms with Gasteiger partial charge in [0, 0.05) is 18.9 Å². The zero-order valence-electron chi connectivity index (χ0n) is 8.68. The number of carbonyl (C=O) groups excluding carboxylic acids is 1. The molecule has 1 atom stereocenters. The normalized spacial score (nSPS) is 19.6. The minimum Gasteiger partial charge on any atom is -0.355 e. The Kier molecular flexibility index (Phi) is 4.85. The zero-order chi connectivity index (χ0) is 10.2. The first-order valence-electron chi connectivity index (χ1n) is 5.17. The highest BCUT2D eigenvalue weighted by Gasteiger charge is 2.17. The van der Waals surface area contributed by atoms with Crippen molar-refractivity contribution in [1.82, 2.24) is 5.32 Å². The van der Waals surface area contributed by atoms with Gasteiger partial charge in [0.25, 0.3) is 0 Å². The third-order valence-corrected chi connectivity index (χ3v) is 2.37. The van der Waals surface area contributed by atoms with Crippen LogP contribution >= 0.6 is 0 Å². The van der Waals surface area contributed by atoms with E-state index in [9.17, 15) is 4.79 Å². The van der Waals surface area contributed by atoms with E-state index in [4.69, 9.17) is 0 Å². The van der Waals surface area contributed by atoms with Crippen molar-refractivity contribution >= 4 is 5.91 Å². The van der Waals surface area contributed by atoms with E-state index < -0.39 is 0 Å². The summed E-state index contributed by atoms with van der Waals surface area (Å²) in [6.45, 7) is 2.49. The average Bonchev–Trinajstić information content (AvgIpc) is 2.25. The van der Waals surface area contributed by atoms with Crippen LogP contribution in [0.25, 0.3) is 0 Å². The van der Waals surface area contributed by atoms with Gasteiger partial charge in [0.1, 0.15) is 0 Å². The first kappa shape index (κ1) is 10.8. The summed E-state index contributed by atoms with van der Waals surface area (Å²) >= 11 is 0. The van der Waals surface area contributed by atoms with Gasteiger partial charge >= 0.3 is 0 Å². The minimum atomic E-state index is 0.187. The zero-order valence-corrected chi connectivity index (χ0v) is 8.68. The molecule has 0 bridgehead atoms. The van der Waals surface area contributed by atoms with Crippen LogP contribution in [0, 0.1) is 17.8 Å². The topological polar surface area (TPSA) is 29.1 Å². The van der Waals surface area contributed by atoms with E-state index in [0.717, 1.165) is 25.7 Å². The molecule has 76 valence electrons. The van der Waals surface area contributed by atoms with Crippen LogP contribution < -0.4 is 5.32 Å². The van der Waals surface area contributed by atoms with Crippen molar-refractivity contribution in [2.45, 2.75) is 32.6 Å². The van der Waals surface area contributed by atoms with Crippen LogP contribution in [0.3, 0.4) is 0 Å². The van der Waals surface area contributed by atoms with Gasteiger partial charge in [0.05, 0.1) is 0 Å². The van der Waals surface area contributed by atoms with Gasteiger partial charge < -0.3 is 5.32 Å². The third kappa shape index (κ3) is 3.66. The summed E-state index contributed by atoms with van der Waals surface area (Å²) in [7, 11) is 0. The van der Waals surface area contributed by atoms with Gasteiger partial charge in [0.2, 0.25) is 5.91 Å². The molecule has 0 fully saturated rings. The summed E-state index contributed by atoms with van der Waals surface area (Å²) in [6.07, 6.45) is 7.91. The molecule has 1 unspecified atom stereocenters. The van der Waals surface area contributed by atoms with Crippen LogP contribution in [0.4, 0.5) is 0 Å². The van der Waals surface area contributed by atoms with E-state index in [1.807, 2.05) is 6.92 Å². The number of nitrogens with one attached hydrogen (secondary N) is 1. The number of carbonyl (C=O) groups is 1. The lowest BCUT2D eigenvalue weighted by atomic mass is 9.94. The highest BCUT2D eigenvalue weighted by molar-refractivity contribution is 5.78. The van der Waals surface area contributed by atoms with Crippen LogP contribution in [-0.2, 0) is 4.79 Å². The Labute approximate surface area is 85.8 Å². The quantitative estimate of drug-likeness (QED) is 0.412. The van der Waals surface area contributed by atoms with Crippen molar-refractivity contribution < 1.29 is 4.79 Å². The van der Waals surface area contributed by atoms with Gasteiger partial charge in [-0.2, -0.15) is 0 Å². The highest BCUT2D eigenvalue weighted by Crippen LogP contribution is 2.17. The van der Waals surface area contributed by atoms with Crippen LogP contribution in [0.5, 0.6) is 0 Å². The third-order valence-electron chi connectivity index (χ3n) is 2.37. The average molecular weight is 191 g/mol. The van der Waals surface area contributed by atoms with Crippen molar-refractivity contribution in [3.05, 3.63) is 12.2 Å². The summed E-state index contributed by atoms with van der Waals surface area (Å²) in [4.78, 5) is 11.6. The largest absolute Gasteiger partial charge is 0.355 e. The van der Waals surface area contributed by atoms with Crippen LogP contribution in [0.2, 0.25) is 0 Å². The number of hydrogen-bond acceptors (Lipinski definition) is 1. The molecule has 0 saturated heterocycles. The van der Waals surface area contributed by atoms with E-state index in [2.05, 4.69) is 29.3 Å². The number of rotatable bonds is 3. The van der Waals surface area contributed by atoms with Crippen molar-refractivity contribution in [2.24, 2.45) is 5.92 Å². The van der Waals surface area contributed by atoms with Gasteiger partial charge in [-0.1, -0.05) is 12.2 Å². The van der Waals surface area contributed by atoms with Crippen LogP contribution in [0.1, 0.15) is 32.6 Å². The van der Waals surface area contributed by atoms with E-state index in [1.165, 1.54) is 0 Å². The SMILES string of the molecule is CC#CCCNC(=O)C1CC=CCC1. The molecule has 2 nitrogen and oxygen atoms in total. The Morgan fingerprint density at radius 2 is 2.43 bits per heavy atom. The predicted molar refractivity (Wildman–Crippen MR) is 57.6 cm³/mol. The van der Waals surface area contributed by atoms with Crippen LogP contribution in [0.15, 0.2) is 12.2 Å². The molecule has 0 aromatic heterocycles. The molecule has 0 heterocycles. The monoisotopic (exact) mass is 191 g/mol. The maximum absolute atomic E-state index is 11.6. The molecule has 1 aliphatic rings. The number of allylic oxidation sites excluding steroid dienone is 2. The Hall–Kier alpha value is -1.23. The van der Waals surface area contributed by atoms with E-state index in [-0.39, 0.29) is 11.8 Å². The summed E-state index contributed by atoms with van der Waals surface area (Å²) in [5.74, 6) is 6.11. The first-order chi connectivity index (χ1) is 6.84. The van der Waals surface area contributed by atoms with Gasteiger partial charge in [-0.15, -0.1) is 11.8 Å². The van der Waals surface area contributed by atoms with Gasteiger partial charge in [-0.25, -0.2) is 0 Å². The molecular weight excluding hydrogens is 174 g/mol. The molecule has 0 spiro atoms. The van der Waals surface area contributed by atoms with E-state index in [1.54, 1.807) is 0 Å². The lowest BCUT2D eigenvalue weighted by molar-refractivity contribution is -0.125. The van der Waals surface area contributed by atoms with Crippen molar-refractivity contribution in [1.29, 1.82) is 0 Å². The predicted octanol–water partition coefficient (Wildman–Crippen LogP) is 1.87. The summed E-state index contributed by atoms with van der Waals surface area (Å²) in [6, 6.07) is 0. The molecule has 1 rings (SSSR count). The lowest BCUT2D eigenvalue weighted by Crippen LogP contribution is -2.31. The molecule has 1 amide bonds. The molecular formula is C12H17NO. The first-order valence-corrected chi connectivity index (χ1v) is 5.17. The fourth-order valence-electron chi connectivity index (χ4n) is 1.55. The molecule has 0 saturated carbocycles. The molecule has 14 heavy (non-hydrogen) atoms. The van der Waals surface area contributed by atoms with Crippen LogP contribution in [-0.4, -0.2) is 12.5 Å².